The van der Waals surface area contributed by atoms with Crippen molar-refractivity contribution in [3.8, 4) is 11.3 Å². The minimum atomic E-state index is -0.168. The van der Waals surface area contributed by atoms with Gasteiger partial charge >= 0.3 is 0 Å². The predicted octanol–water partition coefficient (Wildman–Crippen LogP) is 5.15. The molecule has 5 heteroatoms. The SMILES string of the molecule is Cc1ccc(N=C2NC(=O)/C(=C\c3ccc(-c4ccccc4)o3)S2)cc1. The standard InChI is InChI=1S/C21H16N2O2S/c1-14-7-9-16(10-8-14)22-21-23-20(24)19(26-21)13-17-11-12-18(25-17)15-5-3-2-4-6-15/h2-13H,1H3,(H,22,23,24)/b19-13+. The number of hydrogen-bond donors (Lipinski definition) is 1. The van der Waals surface area contributed by atoms with E-state index in [1.54, 1.807) is 6.08 Å². The molecular weight excluding hydrogens is 344 g/mol. The van der Waals surface area contributed by atoms with Gasteiger partial charge in [0.05, 0.1) is 10.6 Å². The molecule has 1 amide bonds. The Hall–Kier alpha value is -3.05. The molecule has 1 aliphatic heterocycles. The Morgan fingerprint density at radius 1 is 1.00 bits per heavy atom. The summed E-state index contributed by atoms with van der Waals surface area (Å²) in [6.07, 6.45) is 1.74. The van der Waals surface area contributed by atoms with Crippen LogP contribution in [0.4, 0.5) is 5.69 Å². The number of rotatable bonds is 3. The van der Waals surface area contributed by atoms with Gasteiger partial charge in [0, 0.05) is 11.6 Å². The van der Waals surface area contributed by atoms with Crippen molar-refractivity contribution >= 4 is 34.6 Å². The first-order chi connectivity index (χ1) is 12.7. The Labute approximate surface area is 155 Å². The first-order valence-corrected chi connectivity index (χ1v) is 9.00. The largest absolute Gasteiger partial charge is 0.457 e. The van der Waals surface area contributed by atoms with E-state index in [1.165, 1.54) is 17.3 Å². The van der Waals surface area contributed by atoms with Crippen molar-refractivity contribution in [3.05, 3.63) is 83.0 Å². The molecule has 0 atom stereocenters. The lowest BCUT2D eigenvalue weighted by Gasteiger charge is -1.96. The Kier molecular flexibility index (Phi) is 4.46. The zero-order chi connectivity index (χ0) is 17.9. The zero-order valence-electron chi connectivity index (χ0n) is 14.1. The van der Waals surface area contributed by atoms with Crippen LogP contribution in [0.1, 0.15) is 11.3 Å². The summed E-state index contributed by atoms with van der Waals surface area (Å²) >= 11 is 1.31. The highest BCUT2D eigenvalue weighted by Gasteiger charge is 2.24. The van der Waals surface area contributed by atoms with Crippen LogP contribution in [0, 0.1) is 6.92 Å². The van der Waals surface area contributed by atoms with E-state index in [-0.39, 0.29) is 5.91 Å². The van der Waals surface area contributed by atoms with E-state index in [1.807, 2.05) is 73.7 Å². The fourth-order valence-corrected chi connectivity index (χ4v) is 3.36. The van der Waals surface area contributed by atoms with Crippen LogP contribution in [0.25, 0.3) is 17.4 Å². The number of hydrogen-bond acceptors (Lipinski definition) is 4. The molecular formula is C21H16N2O2S. The van der Waals surface area contributed by atoms with E-state index < -0.39 is 0 Å². The molecule has 0 saturated carbocycles. The predicted molar refractivity (Wildman–Crippen MR) is 106 cm³/mol. The second-order valence-corrected chi connectivity index (χ2v) is 6.92. The van der Waals surface area contributed by atoms with Gasteiger partial charge in [-0.2, -0.15) is 0 Å². The lowest BCUT2D eigenvalue weighted by atomic mass is 10.2. The van der Waals surface area contributed by atoms with Crippen molar-refractivity contribution in [2.75, 3.05) is 0 Å². The molecule has 128 valence electrons. The summed E-state index contributed by atoms with van der Waals surface area (Å²) in [6, 6.07) is 21.5. The number of thioether (sulfide) groups is 1. The highest BCUT2D eigenvalue weighted by atomic mass is 32.2. The van der Waals surface area contributed by atoms with E-state index >= 15 is 0 Å². The number of nitrogens with one attached hydrogen (secondary N) is 1. The van der Waals surface area contributed by atoms with Crippen LogP contribution < -0.4 is 5.32 Å². The summed E-state index contributed by atoms with van der Waals surface area (Å²) in [5.74, 6) is 1.24. The summed E-state index contributed by atoms with van der Waals surface area (Å²) in [6.45, 7) is 2.02. The van der Waals surface area contributed by atoms with E-state index in [0.717, 1.165) is 17.0 Å². The van der Waals surface area contributed by atoms with E-state index in [9.17, 15) is 4.79 Å². The van der Waals surface area contributed by atoms with Gasteiger partial charge in [-0.05, 0) is 43.0 Å². The number of aryl methyl sites for hydroxylation is 1. The Bertz CT molecular complexity index is 1000. The second-order valence-electron chi connectivity index (χ2n) is 5.89. The van der Waals surface area contributed by atoms with E-state index in [2.05, 4.69) is 10.3 Å². The molecule has 0 unspecified atom stereocenters. The lowest BCUT2D eigenvalue weighted by Crippen LogP contribution is -2.19. The van der Waals surface area contributed by atoms with E-state index in [0.29, 0.717) is 15.8 Å². The molecule has 3 aromatic rings. The molecule has 26 heavy (non-hydrogen) atoms. The minimum absolute atomic E-state index is 0.168. The van der Waals surface area contributed by atoms with Gasteiger partial charge in [0.25, 0.3) is 5.91 Å². The molecule has 0 spiro atoms. The molecule has 2 heterocycles. The molecule has 4 nitrogen and oxygen atoms in total. The highest BCUT2D eigenvalue weighted by Crippen LogP contribution is 2.30. The summed E-state index contributed by atoms with van der Waals surface area (Å²) in [5, 5.41) is 3.36. The highest BCUT2D eigenvalue weighted by molar-refractivity contribution is 8.18. The molecule has 1 aromatic heterocycles. The van der Waals surface area contributed by atoms with Crippen LogP contribution in [0.15, 0.2) is 81.0 Å². The van der Waals surface area contributed by atoms with E-state index in [4.69, 9.17) is 4.42 Å². The number of aliphatic imine (C=N–C) groups is 1. The van der Waals surface area contributed by atoms with Crippen LogP contribution in [-0.2, 0) is 4.79 Å². The van der Waals surface area contributed by atoms with Gasteiger partial charge in [-0.25, -0.2) is 4.99 Å². The Morgan fingerprint density at radius 3 is 2.54 bits per heavy atom. The van der Waals surface area contributed by atoms with Crippen molar-refractivity contribution in [1.29, 1.82) is 0 Å². The third-order valence-electron chi connectivity index (χ3n) is 3.87. The normalized spacial score (nSPS) is 17.0. The van der Waals surface area contributed by atoms with Gasteiger partial charge in [-0.1, -0.05) is 48.0 Å². The minimum Gasteiger partial charge on any atom is -0.457 e. The maximum absolute atomic E-state index is 12.2. The molecule has 0 aliphatic carbocycles. The lowest BCUT2D eigenvalue weighted by molar-refractivity contribution is -0.115. The molecule has 0 bridgehead atoms. The molecule has 4 rings (SSSR count). The third kappa shape index (κ3) is 3.63. The van der Waals surface area contributed by atoms with Crippen LogP contribution in [-0.4, -0.2) is 11.1 Å². The molecule has 1 saturated heterocycles. The monoisotopic (exact) mass is 360 g/mol. The summed E-state index contributed by atoms with van der Waals surface area (Å²) in [5.41, 5.74) is 2.98. The number of carbonyl (C=O) groups excluding carboxylic acids is 1. The van der Waals surface area contributed by atoms with Crippen LogP contribution in [0.5, 0.6) is 0 Å². The Balaban J connectivity index is 1.54. The maximum Gasteiger partial charge on any atom is 0.264 e. The average Bonchev–Trinajstić information content (AvgIpc) is 3.25. The molecule has 1 aliphatic rings. The number of benzene rings is 2. The van der Waals surface area contributed by atoms with Crippen LogP contribution in [0.3, 0.4) is 0 Å². The number of amides is 1. The van der Waals surface area contributed by atoms with Crippen molar-refractivity contribution in [2.24, 2.45) is 4.99 Å². The van der Waals surface area contributed by atoms with Gasteiger partial charge < -0.3 is 9.73 Å². The number of carbonyl (C=O) groups is 1. The maximum atomic E-state index is 12.2. The van der Waals surface area contributed by atoms with Crippen molar-refractivity contribution in [3.63, 3.8) is 0 Å². The van der Waals surface area contributed by atoms with Crippen molar-refractivity contribution < 1.29 is 9.21 Å². The second kappa shape index (κ2) is 7.06. The van der Waals surface area contributed by atoms with Crippen LogP contribution >= 0.6 is 11.8 Å². The number of amidine groups is 1. The topological polar surface area (TPSA) is 54.6 Å². The van der Waals surface area contributed by atoms with Crippen molar-refractivity contribution in [1.82, 2.24) is 5.32 Å². The van der Waals surface area contributed by atoms with Crippen molar-refractivity contribution in [2.45, 2.75) is 6.92 Å². The molecule has 0 radical (unpaired) electrons. The van der Waals surface area contributed by atoms with Gasteiger partial charge in [0.15, 0.2) is 5.17 Å². The molecule has 1 fully saturated rings. The van der Waals surface area contributed by atoms with Gasteiger partial charge in [-0.15, -0.1) is 0 Å². The van der Waals surface area contributed by atoms with Gasteiger partial charge in [-0.3, -0.25) is 4.79 Å². The third-order valence-corrected chi connectivity index (χ3v) is 4.78. The van der Waals surface area contributed by atoms with Gasteiger partial charge in [0.1, 0.15) is 11.5 Å². The first kappa shape index (κ1) is 16.4. The van der Waals surface area contributed by atoms with Crippen LogP contribution in [0.2, 0.25) is 0 Å². The smallest absolute Gasteiger partial charge is 0.264 e. The zero-order valence-corrected chi connectivity index (χ0v) is 14.9. The quantitative estimate of drug-likeness (QED) is 0.658. The first-order valence-electron chi connectivity index (χ1n) is 8.19. The summed E-state index contributed by atoms with van der Waals surface area (Å²) < 4.78 is 5.84. The number of nitrogens with zero attached hydrogens (tertiary/aromatic N) is 1. The fraction of sp³-hybridized carbons (Fsp3) is 0.0476. The Morgan fingerprint density at radius 2 is 1.77 bits per heavy atom. The summed E-state index contributed by atoms with van der Waals surface area (Å²) in [7, 11) is 0. The average molecular weight is 360 g/mol. The number of furan rings is 1. The van der Waals surface area contributed by atoms with Gasteiger partial charge in [0.2, 0.25) is 0 Å². The molecule has 2 aromatic carbocycles. The summed E-state index contributed by atoms with van der Waals surface area (Å²) in [4.78, 5) is 17.2. The molecule has 1 N–H and O–H groups in total. The fourth-order valence-electron chi connectivity index (χ4n) is 2.53.